The minimum atomic E-state index is 0.343. The molecule has 1 saturated heterocycles. The number of hydrogen-bond donors (Lipinski definition) is 1. The topological polar surface area (TPSA) is 61.9 Å². The maximum Gasteiger partial charge on any atom is 0.204 e. The summed E-state index contributed by atoms with van der Waals surface area (Å²) in [6.45, 7) is 2.18. The molecule has 0 aromatic carbocycles. The monoisotopic (exact) mass is 259 g/mol. The summed E-state index contributed by atoms with van der Waals surface area (Å²) in [4.78, 5) is 4.39. The van der Waals surface area contributed by atoms with Crippen LogP contribution in [0.5, 0.6) is 0 Å². The second kappa shape index (κ2) is 5.01. The van der Waals surface area contributed by atoms with Gasteiger partial charge >= 0.3 is 0 Å². The van der Waals surface area contributed by atoms with E-state index in [9.17, 15) is 0 Å². The summed E-state index contributed by atoms with van der Waals surface area (Å²) in [6, 6.07) is 5.78. The SMILES string of the molecule is N#Cc1cc2cc(SC3CCNCC3)ncc2o1. The number of pyridine rings is 1. The Bertz CT molecular complexity index is 596. The number of rotatable bonds is 2. The first kappa shape index (κ1) is 11.6. The maximum atomic E-state index is 8.79. The fraction of sp³-hybridized carbons (Fsp3) is 0.385. The molecule has 0 bridgehead atoms. The smallest absolute Gasteiger partial charge is 0.204 e. The lowest BCUT2D eigenvalue weighted by molar-refractivity contribution is 0.531. The number of nitrogens with zero attached hydrogens (tertiary/aromatic N) is 2. The zero-order valence-corrected chi connectivity index (χ0v) is 10.7. The second-order valence-corrected chi connectivity index (χ2v) is 5.67. The summed E-state index contributed by atoms with van der Waals surface area (Å²) < 4.78 is 5.32. The van der Waals surface area contributed by atoms with Crippen molar-refractivity contribution in [3.8, 4) is 6.07 Å². The second-order valence-electron chi connectivity index (χ2n) is 4.35. The minimum absolute atomic E-state index is 0.343. The predicted molar refractivity (Wildman–Crippen MR) is 70.5 cm³/mol. The van der Waals surface area contributed by atoms with E-state index in [0.29, 0.717) is 16.6 Å². The number of piperidine rings is 1. The van der Waals surface area contributed by atoms with Gasteiger partial charge in [-0.15, -0.1) is 11.8 Å². The number of aromatic nitrogens is 1. The highest BCUT2D eigenvalue weighted by atomic mass is 32.2. The van der Waals surface area contributed by atoms with Gasteiger partial charge in [-0.25, -0.2) is 4.98 Å². The summed E-state index contributed by atoms with van der Waals surface area (Å²) >= 11 is 1.82. The van der Waals surface area contributed by atoms with Gasteiger partial charge in [-0.1, -0.05) is 0 Å². The highest BCUT2D eigenvalue weighted by Gasteiger charge is 2.15. The van der Waals surface area contributed by atoms with E-state index in [1.54, 1.807) is 12.3 Å². The van der Waals surface area contributed by atoms with E-state index < -0.39 is 0 Å². The number of furan rings is 1. The van der Waals surface area contributed by atoms with Crippen LogP contribution in [0.2, 0.25) is 0 Å². The summed E-state index contributed by atoms with van der Waals surface area (Å²) in [7, 11) is 0. The zero-order chi connectivity index (χ0) is 12.4. The average molecular weight is 259 g/mol. The zero-order valence-electron chi connectivity index (χ0n) is 9.85. The Morgan fingerprint density at radius 1 is 1.39 bits per heavy atom. The van der Waals surface area contributed by atoms with Gasteiger partial charge in [0, 0.05) is 16.7 Å². The fourth-order valence-electron chi connectivity index (χ4n) is 2.13. The van der Waals surface area contributed by atoms with Gasteiger partial charge in [0.2, 0.25) is 5.76 Å². The van der Waals surface area contributed by atoms with Crippen molar-refractivity contribution in [3.63, 3.8) is 0 Å². The molecule has 18 heavy (non-hydrogen) atoms. The Labute approximate surface area is 109 Å². The minimum Gasteiger partial charge on any atom is -0.444 e. The molecule has 0 atom stereocenters. The van der Waals surface area contributed by atoms with E-state index in [1.807, 2.05) is 23.9 Å². The van der Waals surface area contributed by atoms with Crippen LogP contribution in [0.1, 0.15) is 18.6 Å². The molecule has 1 aliphatic rings. The van der Waals surface area contributed by atoms with Crippen molar-refractivity contribution in [2.45, 2.75) is 23.1 Å². The molecule has 2 aromatic rings. The van der Waals surface area contributed by atoms with Crippen LogP contribution in [0.15, 0.2) is 27.8 Å². The maximum absolute atomic E-state index is 8.79. The molecule has 1 aliphatic heterocycles. The van der Waals surface area contributed by atoms with Crippen molar-refractivity contribution >= 4 is 22.7 Å². The van der Waals surface area contributed by atoms with E-state index >= 15 is 0 Å². The van der Waals surface area contributed by atoms with Gasteiger partial charge in [0.25, 0.3) is 0 Å². The van der Waals surface area contributed by atoms with Gasteiger partial charge in [-0.2, -0.15) is 5.26 Å². The lowest BCUT2D eigenvalue weighted by Crippen LogP contribution is -2.29. The van der Waals surface area contributed by atoms with E-state index in [2.05, 4.69) is 10.3 Å². The molecule has 0 saturated carbocycles. The molecule has 4 nitrogen and oxygen atoms in total. The van der Waals surface area contributed by atoms with Crippen LogP contribution in [-0.2, 0) is 0 Å². The van der Waals surface area contributed by atoms with Crippen molar-refractivity contribution in [2.75, 3.05) is 13.1 Å². The summed E-state index contributed by atoms with van der Waals surface area (Å²) in [5.41, 5.74) is 0.682. The molecule has 92 valence electrons. The third kappa shape index (κ3) is 2.35. The van der Waals surface area contributed by atoms with Gasteiger partial charge in [0.05, 0.1) is 11.2 Å². The van der Waals surface area contributed by atoms with Gasteiger partial charge in [0.15, 0.2) is 5.58 Å². The fourth-order valence-corrected chi connectivity index (χ4v) is 3.25. The van der Waals surface area contributed by atoms with Gasteiger partial charge in [-0.3, -0.25) is 0 Å². The Hall–Kier alpha value is -1.51. The normalized spacial score (nSPS) is 16.8. The van der Waals surface area contributed by atoms with Crippen LogP contribution in [0, 0.1) is 11.3 Å². The Balaban J connectivity index is 1.81. The molecule has 1 N–H and O–H groups in total. The quantitative estimate of drug-likeness (QED) is 0.898. The molecule has 3 rings (SSSR count). The summed E-state index contributed by atoms with van der Waals surface area (Å²) in [5.74, 6) is 0.343. The van der Waals surface area contributed by atoms with Crippen LogP contribution in [0.25, 0.3) is 11.0 Å². The van der Waals surface area contributed by atoms with Gasteiger partial charge < -0.3 is 9.73 Å². The average Bonchev–Trinajstić information content (AvgIpc) is 2.82. The molecule has 2 aromatic heterocycles. The van der Waals surface area contributed by atoms with Crippen LogP contribution in [-0.4, -0.2) is 23.3 Å². The van der Waals surface area contributed by atoms with E-state index in [4.69, 9.17) is 9.68 Å². The van der Waals surface area contributed by atoms with Gasteiger partial charge in [0.1, 0.15) is 6.07 Å². The molecule has 0 amide bonds. The molecule has 0 radical (unpaired) electrons. The first-order chi connectivity index (χ1) is 8.85. The summed E-state index contributed by atoms with van der Waals surface area (Å²) in [6.07, 6.45) is 4.07. The van der Waals surface area contributed by atoms with Crippen LogP contribution < -0.4 is 5.32 Å². The van der Waals surface area contributed by atoms with E-state index in [1.165, 1.54) is 12.8 Å². The van der Waals surface area contributed by atoms with Gasteiger partial charge in [-0.05, 0) is 32.0 Å². The number of nitriles is 1. The molecule has 0 spiro atoms. The summed E-state index contributed by atoms with van der Waals surface area (Å²) in [5, 5.41) is 14.8. The Morgan fingerprint density at radius 2 is 2.22 bits per heavy atom. The molecule has 3 heterocycles. The number of fused-ring (bicyclic) bond motifs is 1. The highest BCUT2D eigenvalue weighted by molar-refractivity contribution is 7.99. The molecular weight excluding hydrogens is 246 g/mol. The standard InChI is InChI=1S/C13H13N3OS/c14-7-10-5-9-6-13(16-8-12(9)17-10)18-11-1-3-15-4-2-11/h5-6,8,11,15H,1-4H2. The predicted octanol–water partition coefficient (Wildman–Crippen LogP) is 2.54. The highest BCUT2D eigenvalue weighted by Crippen LogP contribution is 2.29. The van der Waals surface area contributed by atoms with Crippen LogP contribution in [0.3, 0.4) is 0 Å². The first-order valence-corrected chi connectivity index (χ1v) is 6.90. The lowest BCUT2D eigenvalue weighted by atomic mass is 10.2. The third-order valence-electron chi connectivity index (χ3n) is 3.06. The molecule has 5 heteroatoms. The molecular formula is C13H13N3OS. The molecule has 1 fully saturated rings. The van der Waals surface area contributed by atoms with Crippen molar-refractivity contribution < 1.29 is 4.42 Å². The Morgan fingerprint density at radius 3 is 3.00 bits per heavy atom. The largest absolute Gasteiger partial charge is 0.444 e. The van der Waals surface area contributed by atoms with E-state index in [-0.39, 0.29) is 0 Å². The van der Waals surface area contributed by atoms with E-state index in [0.717, 1.165) is 23.5 Å². The van der Waals surface area contributed by atoms with Crippen LogP contribution in [0.4, 0.5) is 0 Å². The van der Waals surface area contributed by atoms with Crippen LogP contribution >= 0.6 is 11.8 Å². The van der Waals surface area contributed by atoms with Crippen molar-refractivity contribution in [3.05, 3.63) is 24.1 Å². The molecule has 0 unspecified atom stereocenters. The number of hydrogen-bond acceptors (Lipinski definition) is 5. The van der Waals surface area contributed by atoms with Crippen molar-refractivity contribution in [1.82, 2.24) is 10.3 Å². The first-order valence-electron chi connectivity index (χ1n) is 6.02. The lowest BCUT2D eigenvalue weighted by Gasteiger charge is -2.21. The number of thioether (sulfide) groups is 1. The third-order valence-corrected chi connectivity index (χ3v) is 4.33. The van der Waals surface area contributed by atoms with Crippen molar-refractivity contribution in [2.24, 2.45) is 0 Å². The molecule has 0 aliphatic carbocycles. The Kier molecular flexibility index (Phi) is 3.22. The van der Waals surface area contributed by atoms with Crippen molar-refractivity contribution in [1.29, 1.82) is 5.26 Å². The number of nitrogens with one attached hydrogen (secondary N) is 1.